The minimum atomic E-state index is 0.339. The van der Waals surface area contributed by atoms with Gasteiger partial charge in [0.1, 0.15) is 0 Å². The first kappa shape index (κ1) is 14.8. The molecule has 4 heteroatoms. The molecular formula is C15H27NO3. The van der Waals surface area contributed by atoms with Crippen LogP contribution in [0.25, 0.3) is 0 Å². The van der Waals surface area contributed by atoms with Crippen molar-refractivity contribution in [3.63, 3.8) is 0 Å². The van der Waals surface area contributed by atoms with Gasteiger partial charge in [-0.2, -0.15) is 0 Å². The molecule has 0 N–H and O–H groups in total. The van der Waals surface area contributed by atoms with Crippen LogP contribution < -0.4 is 0 Å². The molecule has 1 atom stereocenters. The lowest BCUT2D eigenvalue weighted by Crippen LogP contribution is -2.39. The van der Waals surface area contributed by atoms with Gasteiger partial charge in [-0.1, -0.05) is 0 Å². The lowest BCUT2D eigenvalue weighted by atomic mass is 9.92. The van der Waals surface area contributed by atoms with Crippen molar-refractivity contribution in [2.45, 2.75) is 38.5 Å². The second kappa shape index (κ2) is 7.85. The third kappa shape index (κ3) is 4.77. The molecule has 0 aromatic heterocycles. The molecule has 4 nitrogen and oxygen atoms in total. The van der Waals surface area contributed by atoms with Crippen molar-refractivity contribution in [3.05, 3.63) is 0 Å². The summed E-state index contributed by atoms with van der Waals surface area (Å²) in [5.41, 5.74) is 0. The smallest absolute Gasteiger partial charge is 0.222 e. The maximum absolute atomic E-state index is 12.2. The van der Waals surface area contributed by atoms with E-state index >= 15 is 0 Å². The molecule has 0 aliphatic carbocycles. The highest BCUT2D eigenvalue weighted by Crippen LogP contribution is 2.24. The van der Waals surface area contributed by atoms with Gasteiger partial charge in [0.2, 0.25) is 5.91 Å². The molecule has 2 fully saturated rings. The summed E-state index contributed by atoms with van der Waals surface area (Å²) in [5, 5.41) is 0. The lowest BCUT2D eigenvalue weighted by molar-refractivity contribution is -0.133. The van der Waals surface area contributed by atoms with Crippen molar-refractivity contribution in [2.24, 2.45) is 11.8 Å². The normalized spacial score (nSPS) is 24.9. The molecule has 1 amide bonds. The molecule has 2 rings (SSSR count). The van der Waals surface area contributed by atoms with Crippen LogP contribution in [-0.4, -0.2) is 50.8 Å². The third-order valence-electron chi connectivity index (χ3n) is 4.42. The number of hydrogen-bond donors (Lipinski definition) is 0. The van der Waals surface area contributed by atoms with Crippen LogP contribution in [0, 0.1) is 11.8 Å². The average molecular weight is 269 g/mol. The highest BCUT2D eigenvalue weighted by molar-refractivity contribution is 5.76. The molecule has 0 bridgehead atoms. The summed E-state index contributed by atoms with van der Waals surface area (Å²) >= 11 is 0. The largest absolute Gasteiger partial charge is 0.385 e. The maximum Gasteiger partial charge on any atom is 0.222 e. The van der Waals surface area contributed by atoms with Crippen molar-refractivity contribution < 1.29 is 14.3 Å². The number of carbonyl (C=O) groups is 1. The maximum atomic E-state index is 12.2. The molecular weight excluding hydrogens is 242 g/mol. The average Bonchev–Trinajstić information content (AvgIpc) is 2.93. The van der Waals surface area contributed by atoms with E-state index in [0.29, 0.717) is 18.2 Å². The highest BCUT2D eigenvalue weighted by atomic mass is 16.5. The number of rotatable bonds is 6. The number of ether oxygens (including phenoxy) is 2. The van der Waals surface area contributed by atoms with Crippen LogP contribution in [0.1, 0.15) is 38.5 Å². The summed E-state index contributed by atoms with van der Waals surface area (Å²) in [7, 11) is 1.76. The van der Waals surface area contributed by atoms with Crippen LogP contribution >= 0.6 is 0 Å². The number of nitrogens with zero attached hydrogens (tertiary/aromatic N) is 1. The van der Waals surface area contributed by atoms with Gasteiger partial charge in [0, 0.05) is 46.4 Å². The van der Waals surface area contributed by atoms with Gasteiger partial charge in [-0.05, 0) is 43.9 Å². The van der Waals surface area contributed by atoms with E-state index < -0.39 is 0 Å². The summed E-state index contributed by atoms with van der Waals surface area (Å²) in [5.74, 6) is 1.59. The molecule has 2 heterocycles. The molecule has 0 saturated carbocycles. The quantitative estimate of drug-likeness (QED) is 0.693. The van der Waals surface area contributed by atoms with Crippen LogP contribution in [0.5, 0.6) is 0 Å². The summed E-state index contributed by atoms with van der Waals surface area (Å²) in [6, 6.07) is 0. The first-order chi connectivity index (χ1) is 9.29. The van der Waals surface area contributed by atoms with E-state index in [1.54, 1.807) is 7.11 Å². The summed E-state index contributed by atoms with van der Waals surface area (Å²) in [6.45, 7) is 4.37. The zero-order chi connectivity index (χ0) is 13.5. The third-order valence-corrected chi connectivity index (χ3v) is 4.42. The first-order valence-corrected chi connectivity index (χ1v) is 7.64. The van der Waals surface area contributed by atoms with Crippen LogP contribution in [0.4, 0.5) is 0 Å². The minimum Gasteiger partial charge on any atom is -0.385 e. The van der Waals surface area contributed by atoms with Gasteiger partial charge in [0.25, 0.3) is 0 Å². The zero-order valence-electron chi connectivity index (χ0n) is 12.1. The Kier molecular flexibility index (Phi) is 6.11. The molecule has 2 aliphatic heterocycles. The van der Waals surface area contributed by atoms with E-state index in [1.807, 2.05) is 0 Å². The SMILES string of the molecule is COCCCC1CCN(C(=O)C[C@@H]2CCOC2)CC1. The Morgan fingerprint density at radius 3 is 2.68 bits per heavy atom. The number of carbonyl (C=O) groups excluding carboxylic acids is 1. The number of amides is 1. The number of hydrogen-bond acceptors (Lipinski definition) is 3. The fraction of sp³-hybridized carbons (Fsp3) is 0.933. The summed E-state index contributed by atoms with van der Waals surface area (Å²) < 4.78 is 10.4. The fourth-order valence-corrected chi connectivity index (χ4v) is 3.11. The Balaban J connectivity index is 1.63. The second-order valence-corrected chi connectivity index (χ2v) is 5.89. The Bertz CT molecular complexity index is 269. The van der Waals surface area contributed by atoms with Crippen LogP contribution in [0.2, 0.25) is 0 Å². The fourth-order valence-electron chi connectivity index (χ4n) is 3.11. The molecule has 2 saturated heterocycles. The standard InChI is InChI=1S/C15H27NO3/c1-18-9-2-3-13-4-7-16(8-5-13)15(17)11-14-6-10-19-12-14/h13-14H,2-12H2,1H3/t14-/m0/s1. The Labute approximate surface area is 116 Å². The van der Waals surface area contributed by atoms with E-state index in [9.17, 15) is 4.79 Å². The van der Waals surface area contributed by atoms with Gasteiger partial charge in [0.05, 0.1) is 0 Å². The molecule has 19 heavy (non-hydrogen) atoms. The summed E-state index contributed by atoms with van der Waals surface area (Å²) in [4.78, 5) is 14.2. The number of methoxy groups -OCH3 is 1. The predicted octanol–water partition coefficient (Wildman–Crippen LogP) is 2.08. The zero-order valence-corrected chi connectivity index (χ0v) is 12.1. The van der Waals surface area contributed by atoms with Gasteiger partial charge in [-0.15, -0.1) is 0 Å². The van der Waals surface area contributed by atoms with Crippen molar-refractivity contribution in [3.8, 4) is 0 Å². The highest BCUT2D eigenvalue weighted by Gasteiger charge is 2.26. The van der Waals surface area contributed by atoms with Crippen molar-refractivity contribution in [1.29, 1.82) is 0 Å². The molecule has 0 spiro atoms. The van der Waals surface area contributed by atoms with E-state index in [1.165, 1.54) is 6.42 Å². The van der Waals surface area contributed by atoms with Gasteiger partial charge >= 0.3 is 0 Å². The monoisotopic (exact) mass is 269 g/mol. The lowest BCUT2D eigenvalue weighted by Gasteiger charge is -2.32. The van der Waals surface area contributed by atoms with Crippen molar-refractivity contribution in [2.75, 3.05) is 40.0 Å². The van der Waals surface area contributed by atoms with Crippen molar-refractivity contribution in [1.82, 2.24) is 4.90 Å². The Hall–Kier alpha value is -0.610. The Morgan fingerprint density at radius 2 is 2.05 bits per heavy atom. The van der Waals surface area contributed by atoms with Crippen LogP contribution in [-0.2, 0) is 14.3 Å². The molecule has 0 radical (unpaired) electrons. The van der Waals surface area contributed by atoms with E-state index in [4.69, 9.17) is 9.47 Å². The second-order valence-electron chi connectivity index (χ2n) is 5.89. The van der Waals surface area contributed by atoms with E-state index in [0.717, 1.165) is 64.5 Å². The van der Waals surface area contributed by atoms with Gasteiger partial charge < -0.3 is 14.4 Å². The summed E-state index contributed by atoms with van der Waals surface area (Å²) in [6.07, 6.45) is 6.46. The molecule has 110 valence electrons. The Morgan fingerprint density at radius 1 is 1.26 bits per heavy atom. The van der Waals surface area contributed by atoms with Crippen molar-refractivity contribution >= 4 is 5.91 Å². The number of likely N-dealkylation sites (tertiary alicyclic amines) is 1. The topological polar surface area (TPSA) is 38.8 Å². The van der Waals surface area contributed by atoms with Gasteiger partial charge in [0.15, 0.2) is 0 Å². The van der Waals surface area contributed by atoms with Gasteiger partial charge in [-0.25, -0.2) is 0 Å². The molecule has 0 aromatic rings. The molecule has 2 aliphatic rings. The minimum absolute atomic E-state index is 0.339. The predicted molar refractivity (Wildman–Crippen MR) is 74.0 cm³/mol. The molecule has 0 unspecified atom stereocenters. The van der Waals surface area contributed by atoms with Gasteiger partial charge in [-0.3, -0.25) is 4.79 Å². The first-order valence-electron chi connectivity index (χ1n) is 7.64. The van der Waals surface area contributed by atoms with Crippen LogP contribution in [0.3, 0.4) is 0 Å². The van der Waals surface area contributed by atoms with E-state index in [2.05, 4.69) is 4.90 Å². The van der Waals surface area contributed by atoms with E-state index in [-0.39, 0.29) is 0 Å². The van der Waals surface area contributed by atoms with Crippen LogP contribution in [0.15, 0.2) is 0 Å². The number of piperidine rings is 1. The molecule has 0 aromatic carbocycles.